The normalized spacial score (nSPS) is 13.0. The zero-order valence-electron chi connectivity index (χ0n) is 8.95. The van der Waals surface area contributed by atoms with Crippen LogP contribution in [-0.4, -0.2) is 24.6 Å². The lowest BCUT2D eigenvalue weighted by Gasteiger charge is -2.14. The van der Waals surface area contributed by atoms with Crippen LogP contribution in [0, 0.1) is 0 Å². The number of thiophene rings is 1. The molecule has 3 heteroatoms. The van der Waals surface area contributed by atoms with Gasteiger partial charge in [-0.15, -0.1) is 11.3 Å². The number of aryl methyl sites for hydroxylation is 1. The second-order valence-corrected chi connectivity index (χ2v) is 5.61. The Hall–Kier alpha value is 0.01000. The van der Waals surface area contributed by atoms with Crippen molar-refractivity contribution in [3.8, 4) is 0 Å². The Kier molecular flexibility index (Phi) is 6.32. The van der Waals surface area contributed by atoms with Crippen LogP contribution in [0.25, 0.3) is 0 Å². The first kappa shape index (κ1) is 12.1. The van der Waals surface area contributed by atoms with E-state index in [1.54, 1.807) is 0 Å². The van der Waals surface area contributed by atoms with Crippen LogP contribution >= 0.6 is 23.1 Å². The Morgan fingerprint density at radius 2 is 2.43 bits per heavy atom. The smallest absolute Gasteiger partial charge is 0.0158 e. The molecule has 1 unspecified atom stereocenters. The SMILES string of the molecule is CCSCC(CCc1cccs1)NC. The van der Waals surface area contributed by atoms with Gasteiger partial charge in [-0.2, -0.15) is 11.8 Å². The van der Waals surface area contributed by atoms with Gasteiger partial charge >= 0.3 is 0 Å². The highest BCUT2D eigenvalue weighted by Gasteiger charge is 2.05. The molecule has 1 heterocycles. The van der Waals surface area contributed by atoms with Crippen LogP contribution in [0.1, 0.15) is 18.2 Å². The van der Waals surface area contributed by atoms with E-state index in [1.807, 2.05) is 23.1 Å². The second-order valence-electron chi connectivity index (χ2n) is 3.26. The van der Waals surface area contributed by atoms with Crippen molar-refractivity contribution in [3.63, 3.8) is 0 Å². The van der Waals surface area contributed by atoms with Gasteiger partial charge in [0, 0.05) is 16.7 Å². The zero-order chi connectivity index (χ0) is 10.2. The zero-order valence-corrected chi connectivity index (χ0v) is 10.6. The fourth-order valence-corrected chi connectivity index (χ4v) is 2.92. The lowest BCUT2D eigenvalue weighted by atomic mass is 10.1. The van der Waals surface area contributed by atoms with Gasteiger partial charge in [-0.3, -0.25) is 0 Å². The molecule has 0 aliphatic rings. The Bertz CT molecular complexity index is 221. The number of nitrogens with one attached hydrogen (secondary N) is 1. The fourth-order valence-electron chi connectivity index (χ4n) is 1.34. The quantitative estimate of drug-likeness (QED) is 0.771. The molecule has 1 aromatic heterocycles. The van der Waals surface area contributed by atoms with E-state index in [9.17, 15) is 0 Å². The number of hydrogen-bond acceptors (Lipinski definition) is 3. The first-order chi connectivity index (χ1) is 6.86. The molecule has 80 valence electrons. The molecule has 0 saturated carbocycles. The predicted octanol–water partition coefficient (Wildman–Crippen LogP) is 3.02. The van der Waals surface area contributed by atoms with Gasteiger partial charge in [-0.1, -0.05) is 13.0 Å². The van der Waals surface area contributed by atoms with Crippen molar-refractivity contribution >= 4 is 23.1 Å². The highest BCUT2D eigenvalue weighted by atomic mass is 32.2. The Labute approximate surface area is 95.3 Å². The van der Waals surface area contributed by atoms with Crippen molar-refractivity contribution in [1.82, 2.24) is 5.32 Å². The number of thioether (sulfide) groups is 1. The van der Waals surface area contributed by atoms with Crippen molar-refractivity contribution in [3.05, 3.63) is 22.4 Å². The topological polar surface area (TPSA) is 12.0 Å². The molecule has 0 fully saturated rings. The lowest BCUT2D eigenvalue weighted by molar-refractivity contribution is 0.575. The standard InChI is InChI=1S/C11H19NS2/c1-3-13-9-10(12-2)6-7-11-5-4-8-14-11/h4-5,8,10,12H,3,6-7,9H2,1-2H3. The average molecular weight is 229 g/mol. The van der Waals surface area contributed by atoms with Crippen LogP contribution < -0.4 is 5.32 Å². The highest BCUT2D eigenvalue weighted by molar-refractivity contribution is 7.99. The molecule has 1 N–H and O–H groups in total. The Morgan fingerprint density at radius 3 is 3.00 bits per heavy atom. The molecule has 0 spiro atoms. The van der Waals surface area contributed by atoms with Crippen molar-refractivity contribution in [2.24, 2.45) is 0 Å². The van der Waals surface area contributed by atoms with Gasteiger partial charge in [-0.05, 0) is 37.1 Å². The molecule has 0 aliphatic heterocycles. The van der Waals surface area contributed by atoms with Gasteiger partial charge in [0.2, 0.25) is 0 Å². The van der Waals surface area contributed by atoms with Gasteiger partial charge in [0.25, 0.3) is 0 Å². The van der Waals surface area contributed by atoms with Crippen molar-refractivity contribution < 1.29 is 0 Å². The molecule has 0 saturated heterocycles. The van der Waals surface area contributed by atoms with Gasteiger partial charge in [-0.25, -0.2) is 0 Å². The summed E-state index contributed by atoms with van der Waals surface area (Å²) in [5.41, 5.74) is 0. The summed E-state index contributed by atoms with van der Waals surface area (Å²) >= 11 is 3.88. The first-order valence-electron chi connectivity index (χ1n) is 5.14. The second kappa shape index (κ2) is 7.32. The molecule has 0 bridgehead atoms. The first-order valence-corrected chi connectivity index (χ1v) is 7.17. The minimum atomic E-state index is 0.669. The van der Waals surface area contributed by atoms with Gasteiger partial charge < -0.3 is 5.32 Å². The lowest BCUT2D eigenvalue weighted by Crippen LogP contribution is -2.28. The summed E-state index contributed by atoms with van der Waals surface area (Å²) in [5, 5.41) is 5.54. The minimum Gasteiger partial charge on any atom is -0.316 e. The van der Waals surface area contributed by atoms with E-state index in [-0.39, 0.29) is 0 Å². The molecule has 1 atom stereocenters. The molecule has 14 heavy (non-hydrogen) atoms. The summed E-state index contributed by atoms with van der Waals surface area (Å²) in [4.78, 5) is 1.51. The third-order valence-electron chi connectivity index (χ3n) is 2.25. The minimum absolute atomic E-state index is 0.669. The van der Waals surface area contributed by atoms with E-state index in [0.29, 0.717) is 6.04 Å². The maximum absolute atomic E-state index is 3.38. The van der Waals surface area contributed by atoms with Crippen LogP contribution in [0.15, 0.2) is 17.5 Å². The van der Waals surface area contributed by atoms with E-state index in [0.717, 1.165) is 0 Å². The van der Waals surface area contributed by atoms with Crippen LogP contribution in [0.5, 0.6) is 0 Å². The van der Waals surface area contributed by atoms with E-state index >= 15 is 0 Å². The van der Waals surface area contributed by atoms with E-state index in [2.05, 4.69) is 36.8 Å². The summed E-state index contributed by atoms with van der Waals surface area (Å²) in [5.74, 6) is 2.45. The van der Waals surface area contributed by atoms with Crippen LogP contribution in [0.3, 0.4) is 0 Å². The molecule has 1 aromatic rings. The summed E-state index contributed by atoms with van der Waals surface area (Å²) in [6, 6.07) is 5.03. The van der Waals surface area contributed by atoms with Gasteiger partial charge in [0.15, 0.2) is 0 Å². The summed E-state index contributed by atoms with van der Waals surface area (Å²) in [7, 11) is 2.06. The summed E-state index contributed by atoms with van der Waals surface area (Å²) in [6.07, 6.45) is 2.47. The highest BCUT2D eigenvalue weighted by Crippen LogP contribution is 2.13. The molecule has 1 rings (SSSR count). The average Bonchev–Trinajstić information content (AvgIpc) is 2.71. The number of rotatable bonds is 7. The largest absolute Gasteiger partial charge is 0.316 e. The molecular weight excluding hydrogens is 210 g/mol. The molecule has 0 amide bonds. The van der Waals surface area contributed by atoms with E-state index in [1.165, 1.54) is 29.2 Å². The van der Waals surface area contributed by atoms with Crippen LogP contribution in [-0.2, 0) is 6.42 Å². The maximum Gasteiger partial charge on any atom is 0.0158 e. The van der Waals surface area contributed by atoms with Crippen molar-refractivity contribution in [2.45, 2.75) is 25.8 Å². The monoisotopic (exact) mass is 229 g/mol. The molecule has 1 nitrogen and oxygen atoms in total. The fraction of sp³-hybridized carbons (Fsp3) is 0.636. The Morgan fingerprint density at radius 1 is 1.57 bits per heavy atom. The van der Waals surface area contributed by atoms with Crippen LogP contribution in [0.4, 0.5) is 0 Å². The third kappa shape index (κ3) is 4.49. The number of hydrogen-bond donors (Lipinski definition) is 1. The summed E-state index contributed by atoms with van der Waals surface area (Å²) < 4.78 is 0. The summed E-state index contributed by atoms with van der Waals surface area (Å²) in [6.45, 7) is 2.22. The van der Waals surface area contributed by atoms with Gasteiger partial charge in [0.1, 0.15) is 0 Å². The predicted molar refractivity (Wildman–Crippen MR) is 68.5 cm³/mol. The maximum atomic E-state index is 3.38. The van der Waals surface area contributed by atoms with Crippen LogP contribution in [0.2, 0.25) is 0 Å². The van der Waals surface area contributed by atoms with E-state index in [4.69, 9.17) is 0 Å². The third-order valence-corrected chi connectivity index (χ3v) is 4.23. The van der Waals surface area contributed by atoms with E-state index < -0.39 is 0 Å². The molecule has 0 aromatic carbocycles. The van der Waals surface area contributed by atoms with Gasteiger partial charge in [0.05, 0.1) is 0 Å². The Balaban J connectivity index is 2.20. The van der Waals surface area contributed by atoms with Crippen molar-refractivity contribution in [1.29, 1.82) is 0 Å². The molecular formula is C11H19NS2. The molecule has 0 radical (unpaired) electrons. The molecule has 0 aliphatic carbocycles. The van der Waals surface area contributed by atoms with Crippen molar-refractivity contribution in [2.75, 3.05) is 18.6 Å².